The molecule has 39 heavy (non-hydrogen) atoms. The third-order valence-corrected chi connectivity index (χ3v) is 6.77. The standard InChI is InChI=1S/C28H32N8O3/c29-24(36-13-15-38-16-14-36)21(17-32-19-9-6-10-19)25(30)39-28(31)35-26-27(37)33-22-12-5-4-11-20(22)23(34-26)18-7-2-1-3-8-18/h1-5,7-8,11-12,17,19,26,29H,6,9-10,13-16,30H2,(H2,31,35)(H,33,37)/t26-/m1/s1. The molecule has 0 radical (unpaired) electrons. The predicted octanol–water partition coefficient (Wildman–Crippen LogP) is 2.24. The molecule has 2 aromatic rings. The molecule has 11 nitrogen and oxygen atoms in total. The van der Waals surface area contributed by atoms with Gasteiger partial charge in [-0.15, -0.1) is 0 Å². The first kappa shape index (κ1) is 26.1. The van der Waals surface area contributed by atoms with Crippen molar-refractivity contribution in [2.75, 3.05) is 31.6 Å². The van der Waals surface area contributed by atoms with E-state index >= 15 is 0 Å². The lowest BCUT2D eigenvalue weighted by atomic mass is 9.94. The van der Waals surface area contributed by atoms with Gasteiger partial charge in [-0.1, -0.05) is 48.5 Å². The number of nitrogens with zero attached hydrogens (tertiary/aromatic N) is 4. The maximum Gasteiger partial charge on any atom is 0.291 e. The summed E-state index contributed by atoms with van der Waals surface area (Å²) in [6, 6.07) is 16.8. The first-order valence-corrected chi connectivity index (χ1v) is 13.0. The Kier molecular flexibility index (Phi) is 7.97. The molecule has 0 aromatic heterocycles. The Hall–Kier alpha value is -4.51. The van der Waals surface area contributed by atoms with Crippen LogP contribution >= 0.6 is 0 Å². The van der Waals surface area contributed by atoms with Crippen molar-refractivity contribution in [1.82, 2.24) is 4.90 Å². The van der Waals surface area contributed by atoms with Gasteiger partial charge >= 0.3 is 0 Å². The minimum absolute atomic E-state index is 0.125. The summed E-state index contributed by atoms with van der Waals surface area (Å²) in [6.45, 7) is 2.13. The Morgan fingerprint density at radius 1 is 1.10 bits per heavy atom. The number of fused-ring (bicyclic) bond motifs is 1. The van der Waals surface area contributed by atoms with E-state index in [2.05, 4.69) is 20.3 Å². The van der Waals surface area contributed by atoms with Gasteiger partial charge in [0.1, 0.15) is 5.84 Å². The number of aliphatic imine (C=N–C) groups is 3. The van der Waals surface area contributed by atoms with Gasteiger partial charge in [0.2, 0.25) is 12.0 Å². The number of para-hydroxylation sites is 1. The van der Waals surface area contributed by atoms with E-state index in [1.54, 1.807) is 6.21 Å². The normalized spacial score (nSPS) is 20.8. The third kappa shape index (κ3) is 6.15. The highest BCUT2D eigenvalue weighted by atomic mass is 16.5. The number of amidine groups is 2. The fourth-order valence-corrected chi connectivity index (χ4v) is 4.39. The van der Waals surface area contributed by atoms with Gasteiger partial charge in [-0.05, 0) is 25.3 Å². The highest BCUT2D eigenvalue weighted by Gasteiger charge is 2.27. The summed E-state index contributed by atoms with van der Waals surface area (Å²) in [4.78, 5) is 28.4. The van der Waals surface area contributed by atoms with E-state index in [1.807, 2.05) is 59.5 Å². The van der Waals surface area contributed by atoms with Crippen LogP contribution in [-0.2, 0) is 14.3 Å². The van der Waals surface area contributed by atoms with Gasteiger partial charge in [0.05, 0.1) is 30.2 Å². The van der Waals surface area contributed by atoms with Crippen molar-refractivity contribution in [3.05, 3.63) is 77.2 Å². The number of benzene rings is 2. The summed E-state index contributed by atoms with van der Waals surface area (Å²) in [5.74, 6) is -0.422. The van der Waals surface area contributed by atoms with Crippen molar-refractivity contribution in [3.63, 3.8) is 0 Å². The molecule has 1 amide bonds. The summed E-state index contributed by atoms with van der Waals surface area (Å²) >= 11 is 0. The molecule has 2 fully saturated rings. The summed E-state index contributed by atoms with van der Waals surface area (Å²) in [6.07, 6.45) is 3.49. The largest absolute Gasteiger partial charge is 0.409 e. The van der Waals surface area contributed by atoms with E-state index < -0.39 is 12.1 Å². The molecule has 11 heteroatoms. The summed E-state index contributed by atoms with van der Waals surface area (Å²) < 4.78 is 11.1. The van der Waals surface area contributed by atoms with E-state index in [9.17, 15) is 4.79 Å². The number of hydrogen-bond donors (Lipinski definition) is 4. The van der Waals surface area contributed by atoms with Gasteiger partial charge in [0, 0.05) is 36.5 Å². The fourth-order valence-electron chi connectivity index (χ4n) is 4.39. The highest BCUT2D eigenvalue weighted by Crippen LogP contribution is 2.25. The molecule has 1 saturated carbocycles. The molecule has 1 aliphatic carbocycles. The van der Waals surface area contributed by atoms with E-state index in [-0.39, 0.29) is 23.8 Å². The summed E-state index contributed by atoms with van der Waals surface area (Å²) in [5.41, 5.74) is 15.5. The Morgan fingerprint density at radius 2 is 1.82 bits per heavy atom. The average Bonchev–Trinajstić information content (AvgIpc) is 3.06. The van der Waals surface area contributed by atoms with Gasteiger partial charge in [0.25, 0.3) is 11.9 Å². The minimum Gasteiger partial charge on any atom is -0.409 e. The summed E-state index contributed by atoms with van der Waals surface area (Å²) in [5, 5.41) is 11.6. The Labute approximate surface area is 226 Å². The van der Waals surface area contributed by atoms with Crippen LogP contribution in [0.1, 0.15) is 30.4 Å². The van der Waals surface area contributed by atoms with Gasteiger partial charge in [-0.25, -0.2) is 4.99 Å². The second-order valence-electron chi connectivity index (χ2n) is 9.41. The summed E-state index contributed by atoms with van der Waals surface area (Å²) in [7, 11) is 0. The molecule has 2 heterocycles. The van der Waals surface area contributed by atoms with Gasteiger partial charge in [-0.3, -0.25) is 15.2 Å². The number of anilines is 1. The van der Waals surface area contributed by atoms with Crippen molar-refractivity contribution in [1.29, 1.82) is 5.41 Å². The third-order valence-electron chi connectivity index (χ3n) is 6.77. The van der Waals surface area contributed by atoms with Crippen LogP contribution in [0.25, 0.3) is 0 Å². The van der Waals surface area contributed by atoms with E-state index in [0.717, 1.165) is 30.4 Å². The minimum atomic E-state index is -1.22. The van der Waals surface area contributed by atoms with Crippen LogP contribution in [0.5, 0.6) is 0 Å². The molecule has 0 bridgehead atoms. The van der Waals surface area contributed by atoms with Crippen LogP contribution in [0.15, 0.2) is 81.0 Å². The highest BCUT2D eigenvalue weighted by molar-refractivity contribution is 6.19. The molecule has 6 N–H and O–H groups in total. The van der Waals surface area contributed by atoms with Gasteiger partial charge in [0.15, 0.2) is 0 Å². The predicted molar refractivity (Wildman–Crippen MR) is 151 cm³/mol. The van der Waals surface area contributed by atoms with Crippen molar-refractivity contribution < 1.29 is 14.3 Å². The Bertz CT molecular complexity index is 1340. The zero-order valence-electron chi connectivity index (χ0n) is 21.5. The Morgan fingerprint density at radius 3 is 2.54 bits per heavy atom. The number of rotatable bonds is 6. The molecular weight excluding hydrogens is 496 g/mol. The molecular formula is C28H32N8O3. The van der Waals surface area contributed by atoms with E-state index in [1.165, 1.54) is 0 Å². The molecule has 0 spiro atoms. The smallest absolute Gasteiger partial charge is 0.291 e. The topological polar surface area (TPSA) is 164 Å². The number of nitrogens with two attached hydrogens (primary N) is 2. The van der Waals surface area contributed by atoms with Gasteiger partial charge in [-0.2, -0.15) is 4.99 Å². The van der Waals surface area contributed by atoms with Crippen LogP contribution in [0, 0.1) is 5.41 Å². The second kappa shape index (κ2) is 11.9. The molecule has 0 unspecified atom stereocenters. The lowest BCUT2D eigenvalue weighted by Crippen LogP contribution is -2.42. The molecule has 5 rings (SSSR count). The maximum absolute atomic E-state index is 13.1. The molecule has 2 aromatic carbocycles. The number of carbonyl (C=O) groups is 1. The van der Waals surface area contributed by atoms with Crippen LogP contribution in [0.4, 0.5) is 5.69 Å². The fraction of sp³-hybridized carbons (Fsp3) is 0.321. The van der Waals surface area contributed by atoms with Crippen molar-refractivity contribution in [3.8, 4) is 0 Å². The Balaban J connectivity index is 1.44. The number of amides is 1. The van der Waals surface area contributed by atoms with Crippen molar-refractivity contribution >= 4 is 35.4 Å². The average molecular weight is 529 g/mol. The zero-order chi connectivity index (χ0) is 27.2. The quantitative estimate of drug-likeness (QED) is 0.255. The zero-order valence-corrected chi connectivity index (χ0v) is 21.5. The number of benzodiazepines with no additional fused rings is 1. The number of carbonyl (C=O) groups excluding carboxylic acids is 1. The van der Waals surface area contributed by atoms with E-state index in [0.29, 0.717) is 43.3 Å². The lowest BCUT2D eigenvalue weighted by molar-refractivity contribution is -0.117. The van der Waals surface area contributed by atoms with Crippen LogP contribution < -0.4 is 16.8 Å². The molecule has 202 valence electrons. The SMILES string of the molecule is N=C(C(C=NC1CCC1)=C(N)OC(N)=N[C@H]1N=C(c2ccccc2)c2ccccc2NC1=O)N1CCOCC1. The van der Waals surface area contributed by atoms with Crippen LogP contribution in [-0.4, -0.2) is 73.1 Å². The molecule has 3 aliphatic rings. The molecule has 1 atom stereocenters. The first-order valence-electron chi connectivity index (χ1n) is 13.0. The van der Waals surface area contributed by atoms with Crippen LogP contribution in [0.3, 0.4) is 0 Å². The number of hydrogen-bond acceptors (Lipinski definition) is 8. The second-order valence-corrected chi connectivity index (χ2v) is 9.41. The monoisotopic (exact) mass is 528 g/mol. The lowest BCUT2D eigenvalue weighted by Gasteiger charge is -2.29. The maximum atomic E-state index is 13.1. The first-order chi connectivity index (χ1) is 19.0. The molecule has 1 saturated heterocycles. The van der Waals surface area contributed by atoms with Crippen molar-refractivity contribution in [2.24, 2.45) is 26.4 Å². The molecule has 2 aliphatic heterocycles. The van der Waals surface area contributed by atoms with Crippen molar-refractivity contribution in [2.45, 2.75) is 31.5 Å². The number of nitrogens with one attached hydrogen (secondary N) is 2. The van der Waals surface area contributed by atoms with Gasteiger partial charge < -0.3 is 31.2 Å². The number of ether oxygens (including phenoxy) is 2. The number of morpholine rings is 1. The van der Waals surface area contributed by atoms with E-state index in [4.69, 9.17) is 26.4 Å². The van der Waals surface area contributed by atoms with Crippen LogP contribution in [0.2, 0.25) is 0 Å².